The first-order valence-electron chi connectivity index (χ1n) is 8.16. The number of halogens is 3. The number of nitrogens with zero attached hydrogens (tertiary/aromatic N) is 3. The summed E-state index contributed by atoms with van der Waals surface area (Å²) in [6, 6.07) is 8.05. The van der Waals surface area contributed by atoms with E-state index in [1.807, 2.05) is 0 Å². The van der Waals surface area contributed by atoms with Crippen molar-refractivity contribution in [1.82, 2.24) is 14.8 Å². The molecular weight excluding hydrogens is 376 g/mol. The summed E-state index contributed by atoms with van der Waals surface area (Å²) >= 11 is 6.02. The Morgan fingerprint density at radius 3 is 2.81 bits per heavy atom. The largest absolute Gasteiger partial charge is 0.332 e. The number of carbonyl (C=O) groups excluding carboxylic acids is 1. The van der Waals surface area contributed by atoms with Gasteiger partial charge in [-0.05, 0) is 37.3 Å². The number of amides is 1. The Morgan fingerprint density at radius 1 is 1.30 bits per heavy atom. The van der Waals surface area contributed by atoms with Gasteiger partial charge in [0.05, 0.1) is 11.4 Å². The summed E-state index contributed by atoms with van der Waals surface area (Å²) in [4.78, 5) is 16.2. The lowest BCUT2D eigenvalue weighted by atomic mass is 10.1. The van der Waals surface area contributed by atoms with Crippen LogP contribution in [-0.4, -0.2) is 27.2 Å². The maximum absolute atomic E-state index is 13.8. The summed E-state index contributed by atoms with van der Waals surface area (Å²) in [7, 11) is 0. The van der Waals surface area contributed by atoms with Crippen LogP contribution in [0.3, 0.4) is 0 Å². The molecule has 140 valence electrons. The number of quaternary nitrogens is 1. The van der Waals surface area contributed by atoms with E-state index in [9.17, 15) is 13.6 Å². The Balaban J connectivity index is 1.67. The Kier molecular flexibility index (Phi) is 5.78. The lowest BCUT2D eigenvalue weighted by molar-refractivity contribution is -0.682. The highest BCUT2D eigenvalue weighted by atomic mass is 35.5. The molecule has 0 aliphatic rings. The maximum atomic E-state index is 13.8. The van der Waals surface area contributed by atoms with Crippen LogP contribution in [0.2, 0.25) is 5.02 Å². The number of nitrogens with two attached hydrogens (primary N) is 1. The highest BCUT2D eigenvalue weighted by Gasteiger charge is 2.17. The maximum Gasteiger partial charge on any atom is 0.279 e. The third kappa shape index (κ3) is 4.66. The number of aromatic nitrogens is 3. The van der Waals surface area contributed by atoms with Crippen LogP contribution in [0, 0.1) is 11.6 Å². The summed E-state index contributed by atoms with van der Waals surface area (Å²) in [5.74, 6) is -1.57. The normalized spacial score (nSPS) is 12.0. The lowest BCUT2D eigenvalue weighted by Crippen LogP contribution is -2.86. The standard InChI is InChI=1S/C18H16ClF2N5O/c1-11(14-4-3-13(20)7-15(14)21)23-8-18(27)25-16-6-12(19)2-5-17(16)26-10-22-9-24-26/h2-7,9-11,23H,8H2,1H3,(H,25,27)/p+1/t11-/m1/s1. The molecule has 0 bridgehead atoms. The molecular formula is C18H17ClF2N5O+. The number of nitrogens with one attached hydrogen (secondary N) is 1. The number of carbonyl (C=O) groups is 1. The topological polar surface area (TPSA) is 76.4 Å². The lowest BCUT2D eigenvalue weighted by Gasteiger charge is -2.14. The molecule has 2 aromatic carbocycles. The van der Waals surface area contributed by atoms with Gasteiger partial charge in [0.1, 0.15) is 30.3 Å². The number of rotatable bonds is 6. The average molecular weight is 393 g/mol. The van der Waals surface area contributed by atoms with Crippen molar-refractivity contribution in [3.8, 4) is 5.69 Å². The van der Waals surface area contributed by atoms with E-state index >= 15 is 0 Å². The summed E-state index contributed by atoms with van der Waals surface area (Å²) in [6.07, 6.45) is 2.89. The molecule has 1 amide bonds. The molecule has 0 saturated carbocycles. The molecule has 0 radical (unpaired) electrons. The Morgan fingerprint density at radius 2 is 2.11 bits per heavy atom. The van der Waals surface area contributed by atoms with Crippen molar-refractivity contribution < 1.29 is 18.9 Å². The van der Waals surface area contributed by atoms with Crippen LogP contribution in [0.5, 0.6) is 0 Å². The molecule has 0 unspecified atom stereocenters. The number of hydrogen-bond donors (Lipinski definition) is 2. The average Bonchev–Trinajstić information content (AvgIpc) is 3.14. The molecule has 1 atom stereocenters. The van der Waals surface area contributed by atoms with Gasteiger partial charge in [-0.15, -0.1) is 0 Å². The van der Waals surface area contributed by atoms with Gasteiger partial charge in [0, 0.05) is 16.7 Å². The predicted molar refractivity (Wildman–Crippen MR) is 96.6 cm³/mol. The van der Waals surface area contributed by atoms with Crippen LogP contribution in [0.25, 0.3) is 5.69 Å². The molecule has 0 spiro atoms. The van der Waals surface area contributed by atoms with Crippen LogP contribution >= 0.6 is 11.6 Å². The Labute approximate surface area is 159 Å². The molecule has 9 heteroatoms. The van der Waals surface area contributed by atoms with Crippen LogP contribution in [0.4, 0.5) is 14.5 Å². The van der Waals surface area contributed by atoms with E-state index in [1.54, 1.807) is 30.4 Å². The molecule has 0 aliphatic carbocycles. The highest BCUT2D eigenvalue weighted by Crippen LogP contribution is 2.23. The predicted octanol–water partition coefficient (Wildman–Crippen LogP) is 2.46. The van der Waals surface area contributed by atoms with E-state index in [1.165, 1.54) is 29.5 Å². The molecule has 0 saturated heterocycles. The SMILES string of the molecule is C[C@@H]([NH2+]CC(=O)Nc1cc(Cl)ccc1-n1cncn1)c1ccc(F)cc1F. The zero-order valence-electron chi connectivity index (χ0n) is 14.4. The monoisotopic (exact) mass is 392 g/mol. The first-order valence-corrected chi connectivity index (χ1v) is 8.54. The minimum Gasteiger partial charge on any atom is -0.332 e. The van der Waals surface area contributed by atoms with Crippen molar-refractivity contribution >= 4 is 23.2 Å². The van der Waals surface area contributed by atoms with Crippen LogP contribution in [0.1, 0.15) is 18.5 Å². The zero-order valence-corrected chi connectivity index (χ0v) is 15.1. The van der Waals surface area contributed by atoms with Crippen molar-refractivity contribution in [3.05, 3.63) is 71.3 Å². The summed E-state index contributed by atoms with van der Waals surface area (Å²) in [5, 5.41) is 8.94. The minimum atomic E-state index is -0.637. The molecule has 1 heterocycles. The van der Waals surface area contributed by atoms with Gasteiger partial charge >= 0.3 is 0 Å². The quantitative estimate of drug-likeness (QED) is 0.676. The first-order chi connectivity index (χ1) is 12.9. The zero-order chi connectivity index (χ0) is 19.4. The summed E-state index contributed by atoms with van der Waals surface area (Å²) in [6.45, 7) is 1.78. The molecule has 0 fully saturated rings. The van der Waals surface area contributed by atoms with Crippen molar-refractivity contribution in [3.63, 3.8) is 0 Å². The molecule has 3 aromatic rings. The molecule has 27 heavy (non-hydrogen) atoms. The molecule has 6 nitrogen and oxygen atoms in total. The van der Waals surface area contributed by atoms with Crippen molar-refractivity contribution in [2.75, 3.05) is 11.9 Å². The van der Waals surface area contributed by atoms with Crippen molar-refractivity contribution in [2.24, 2.45) is 0 Å². The molecule has 3 N–H and O–H groups in total. The first kappa shape index (κ1) is 18.9. The van der Waals surface area contributed by atoms with Gasteiger partial charge in [-0.3, -0.25) is 4.79 Å². The highest BCUT2D eigenvalue weighted by molar-refractivity contribution is 6.31. The fraction of sp³-hybridized carbons (Fsp3) is 0.167. The van der Waals surface area contributed by atoms with Crippen LogP contribution in [0.15, 0.2) is 49.1 Å². The van der Waals surface area contributed by atoms with Gasteiger partial charge in [-0.2, -0.15) is 5.10 Å². The van der Waals surface area contributed by atoms with E-state index in [2.05, 4.69) is 15.4 Å². The summed E-state index contributed by atoms with van der Waals surface area (Å²) in [5.41, 5.74) is 1.42. The van der Waals surface area contributed by atoms with Gasteiger partial charge in [-0.1, -0.05) is 11.6 Å². The smallest absolute Gasteiger partial charge is 0.279 e. The molecule has 3 rings (SSSR count). The third-order valence-electron chi connectivity index (χ3n) is 4.01. The van der Waals surface area contributed by atoms with E-state index < -0.39 is 11.6 Å². The minimum absolute atomic E-state index is 0.0429. The van der Waals surface area contributed by atoms with Crippen molar-refractivity contribution in [1.29, 1.82) is 0 Å². The van der Waals surface area contributed by atoms with E-state index in [4.69, 9.17) is 11.6 Å². The third-order valence-corrected chi connectivity index (χ3v) is 4.24. The van der Waals surface area contributed by atoms with Gasteiger partial charge < -0.3 is 10.6 Å². The second-order valence-corrected chi connectivity index (χ2v) is 6.38. The van der Waals surface area contributed by atoms with Crippen LogP contribution in [-0.2, 0) is 4.79 Å². The Bertz CT molecular complexity index is 949. The van der Waals surface area contributed by atoms with Gasteiger partial charge in [-0.25, -0.2) is 18.4 Å². The van der Waals surface area contributed by atoms with Gasteiger partial charge in [0.25, 0.3) is 5.91 Å². The fourth-order valence-corrected chi connectivity index (χ4v) is 2.80. The van der Waals surface area contributed by atoms with E-state index in [0.717, 1.165) is 6.07 Å². The summed E-state index contributed by atoms with van der Waals surface area (Å²) < 4.78 is 28.4. The second-order valence-electron chi connectivity index (χ2n) is 5.94. The molecule has 1 aromatic heterocycles. The molecule has 0 aliphatic heterocycles. The second kappa shape index (κ2) is 8.24. The fourth-order valence-electron chi connectivity index (χ4n) is 2.62. The van der Waals surface area contributed by atoms with E-state index in [-0.39, 0.29) is 18.5 Å². The number of anilines is 1. The van der Waals surface area contributed by atoms with Crippen LogP contribution < -0.4 is 10.6 Å². The number of hydrogen-bond acceptors (Lipinski definition) is 3. The Hall–Kier alpha value is -2.84. The van der Waals surface area contributed by atoms with Gasteiger partial charge in [0.2, 0.25) is 0 Å². The van der Waals surface area contributed by atoms with E-state index in [0.29, 0.717) is 22.0 Å². The van der Waals surface area contributed by atoms with Gasteiger partial charge in [0.15, 0.2) is 6.54 Å². The number of benzene rings is 2. The van der Waals surface area contributed by atoms with Crippen molar-refractivity contribution in [2.45, 2.75) is 13.0 Å².